The standard InChI is InChI=1S/C20H26N2O5S/c1-5-22(6-2)28(24,25)19-13-16(9-12-18(19)27-4)20(23)21-14-15-7-10-17(26-3)11-8-15/h7-13H,5-6,14H2,1-4H3,(H,21,23). The molecular weight excluding hydrogens is 380 g/mol. The summed E-state index contributed by atoms with van der Waals surface area (Å²) in [4.78, 5) is 12.5. The summed E-state index contributed by atoms with van der Waals surface area (Å²) >= 11 is 0. The number of nitrogens with zero attached hydrogens (tertiary/aromatic N) is 1. The van der Waals surface area contributed by atoms with Crippen LogP contribution in [-0.4, -0.2) is 45.9 Å². The Bertz CT molecular complexity index is 907. The first-order chi connectivity index (χ1) is 13.4. The summed E-state index contributed by atoms with van der Waals surface area (Å²) < 4.78 is 37.4. The largest absolute Gasteiger partial charge is 0.497 e. The van der Waals surface area contributed by atoms with Crippen molar-refractivity contribution in [3.8, 4) is 11.5 Å². The fourth-order valence-corrected chi connectivity index (χ4v) is 4.39. The number of hydrogen-bond acceptors (Lipinski definition) is 5. The van der Waals surface area contributed by atoms with E-state index in [1.54, 1.807) is 27.0 Å². The highest BCUT2D eigenvalue weighted by Gasteiger charge is 2.26. The van der Waals surface area contributed by atoms with Crippen molar-refractivity contribution in [3.63, 3.8) is 0 Å². The van der Waals surface area contributed by atoms with Crippen molar-refractivity contribution < 1.29 is 22.7 Å². The molecule has 0 aromatic heterocycles. The maximum atomic E-state index is 12.9. The third kappa shape index (κ3) is 4.82. The van der Waals surface area contributed by atoms with E-state index in [-0.39, 0.29) is 22.1 Å². The second kappa shape index (κ2) is 9.57. The molecule has 0 fully saturated rings. The molecule has 2 aromatic rings. The number of benzene rings is 2. The minimum atomic E-state index is -3.76. The fraction of sp³-hybridized carbons (Fsp3) is 0.350. The van der Waals surface area contributed by atoms with Gasteiger partial charge in [0.25, 0.3) is 5.91 Å². The second-order valence-electron chi connectivity index (χ2n) is 5.99. The SMILES string of the molecule is CCN(CC)S(=O)(=O)c1cc(C(=O)NCc2ccc(OC)cc2)ccc1OC. The van der Waals surface area contributed by atoms with Crippen molar-refractivity contribution in [1.29, 1.82) is 0 Å². The van der Waals surface area contributed by atoms with Gasteiger partial charge in [0.2, 0.25) is 10.0 Å². The Labute approximate surface area is 166 Å². The number of methoxy groups -OCH3 is 2. The highest BCUT2D eigenvalue weighted by atomic mass is 32.2. The highest BCUT2D eigenvalue weighted by Crippen LogP contribution is 2.28. The average molecular weight is 407 g/mol. The van der Waals surface area contributed by atoms with Crippen LogP contribution in [0, 0.1) is 0 Å². The molecule has 0 saturated heterocycles. The van der Waals surface area contributed by atoms with Gasteiger partial charge >= 0.3 is 0 Å². The molecule has 0 aliphatic rings. The van der Waals surface area contributed by atoms with Gasteiger partial charge in [-0.1, -0.05) is 26.0 Å². The van der Waals surface area contributed by atoms with Crippen molar-refractivity contribution in [1.82, 2.24) is 9.62 Å². The molecule has 1 N–H and O–H groups in total. The van der Waals surface area contributed by atoms with Crippen LogP contribution in [0.15, 0.2) is 47.4 Å². The van der Waals surface area contributed by atoms with E-state index in [1.807, 2.05) is 24.3 Å². The van der Waals surface area contributed by atoms with Gasteiger partial charge in [0.15, 0.2) is 0 Å². The minimum Gasteiger partial charge on any atom is -0.497 e. The first-order valence-corrected chi connectivity index (χ1v) is 10.4. The molecular formula is C20H26N2O5S. The first kappa shape index (κ1) is 21.7. The van der Waals surface area contributed by atoms with Gasteiger partial charge in [-0.3, -0.25) is 4.79 Å². The number of amides is 1. The number of carbonyl (C=O) groups is 1. The lowest BCUT2D eigenvalue weighted by Crippen LogP contribution is -2.31. The van der Waals surface area contributed by atoms with Gasteiger partial charge in [0, 0.05) is 25.2 Å². The van der Waals surface area contributed by atoms with Crippen LogP contribution < -0.4 is 14.8 Å². The van der Waals surface area contributed by atoms with Gasteiger partial charge in [-0.25, -0.2) is 8.42 Å². The van der Waals surface area contributed by atoms with Crippen LogP contribution in [0.3, 0.4) is 0 Å². The lowest BCUT2D eigenvalue weighted by Gasteiger charge is -2.20. The quantitative estimate of drug-likeness (QED) is 0.692. The van der Waals surface area contributed by atoms with E-state index in [0.717, 1.165) is 11.3 Å². The fourth-order valence-electron chi connectivity index (χ4n) is 2.75. The Morgan fingerprint density at radius 2 is 1.64 bits per heavy atom. The van der Waals surface area contributed by atoms with Crippen molar-refractivity contribution in [2.45, 2.75) is 25.3 Å². The van der Waals surface area contributed by atoms with Crippen molar-refractivity contribution in [2.75, 3.05) is 27.3 Å². The molecule has 0 atom stereocenters. The molecule has 2 rings (SSSR count). The third-order valence-electron chi connectivity index (χ3n) is 4.36. The van der Waals surface area contributed by atoms with Crippen LogP contribution >= 0.6 is 0 Å². The molecule has 0 unspecified atom stereocenters. The van der Waals surface area contributed by atoms with Crippen LogP contribution in [0.2, 0.25) is 0 Å². The average Bonchev–Trinajstić information content (AvgIpc) is 2.72. The summed E-state index contributed by atoms with van der Waals surface area (Å²) in [5.41, 5.74) is 1.15. The Morgan fingerprint density at radius 3 is 2.18 bits per heavy atom. The molecule has 28 heavy (non-hydrogen) atoms. The Balaban J connectivity index is 2.24. The molecule has 0 saturated carbocycles. The molecule has 0 aliphatic heterocycles. The molecule has 2 aromatic carbocycles. The van der Waals surface area contributed by atoms with Crippen molar-refractivity contribution in [3.05, 3.63) is 53.6 Å². The number of nitrogens with one attached hydrogen (secondary N) is 1. The van der Waals surface area contributed by atoms with Crippen LogP contribution in [0.25, 0.3) is 0 Å². The summed E-state index contributed by atoms with van der Waals surface area (Å²) in [6.07, 6.45) is 0. The second-order valence-corrected chi connectivity index (χ2v) is 7.89. The number of sulfonamides is 1. The summed E-state index contributed by atoms with van der Waals surface area (Å²) in [7, 11) is -0.770. The van der Waals surface area contributed by atoms with Crippen LogP contribution in [-0.2, 0) is 16.6 Å². The lowest BCUT2D eigenvalue weighted by atomic mass is 10.2. The number of hydrogen-bond donors (Lipinski definition) is 1. The normalized spacial score (nSPS) is 11.3. The van der Waals surface area contributed by atoms with E-state index in [4.69, 9.17) is 9.47 Å². The summed E-state index contributed by atoms with van der Waals surface area (Å²) in [6.45, 7) is 4.50. The molecule has 0 bridgehead atoms. The number of carbonyl (C=O) groups excluding carboxylic acids is 1. The number of rotatable bonds is 9. The Hall–Kier alpha value is -2.58. The van der Waals surface area contributed by atoms with Crippen LogP contribution in [0.4, 0.5) is 0 Å². The molecule has 152 valence electrons. The predicted molar refractivity (Wildman–Crippen MR) is 107 cm³/mol. The molecule has 8 heteroatoms. The van der Waals surface area contributed by atoms with Crippen LogP contribution in [0.1, 0.15) is 29.8 Å². The molecule has 7 nitrogen and oxygen atoms in total. The summed E-state index contributed by atoms with van der Waals surface area (Å²) in [6, 6.07) is 11.7. The summed E-state index contributed by atoms with van der Waals surface area (Å²) in [5, 5.41) is 2.80. The lowest BCUT2D eigenvalue weighted by molar-refractivity contribution is 0.0950. The van der Waals surface area contributed by atoms with Gasteiger partial charge in [0.1, 0.15) is 16.4 Å². The van der Waals surface area contributed by atoms with E-state index in [0.29, 0.717) is 19.6 Å². The van der Waals surface area contributed by atoms with Gasteiger partial charge in [-0.05, 0) is 35.9 Å². The van der Waals surface area contributed by atoms with Gasteiger partial charge < -0.3 is 14.8 Å². The Morgan fingerprint density at radius 1 is 1.00 bits per heavy atom. The van der Waals surface area contributed by atoms with E-state index in [1.165, 1.54) is 23.5 Å². The first-order valence-electron chi connectivity index (χ1n) is 8.96. The van der Waals surface area contributed by atoms with Gasteiger partial charge in [0.05, 0.1) is 14.2 Å². The zero-order valence-electron chi connectivity index (χ0n) is 16.6. The summed E-state index contributed by atoms with van der Waals surface area (Å²) in [5.74, 6) is 0.574. The number of ether oxygens (including phenoxy) is 2. The van der Waals surface area contributed by atoms with Crippen LogP contribution in [0.5, 0.6) is 11.5 Å². The van der Waals surface area contributed by atoms with E-state index >= 15 is 0 Å². The minimum absolute atomic E-state index is 0.0178. The zero-order chi connectivity index (χ0) is 20.7. The monoisotopic (exact) mass is 406 g/mol. The van der Waals surface area contributed by atoms with E-state index in [9.17, 15) is 13.2 Å². The maximum Gasteiger partial charge on any atom is 0.251 e. The van der Waals surface area contributed by atoms with Gasteiger partial charge in [-0.15, -0.1) is 0 Å². The van der Waals surface area contributed by atoms with E-state index < -0.39 is 10.0 Å². The molecule has 0 aliphatic carbocycles. The van der Waals surface area contributed by atoms with Crippen molar-refractivity contribution >= 4 is 15.9 Å². The predicted octanol–water partition coefficient (Wildman–Crippen LogP) is 2.66. The molecule has 1 amide bonds. The smallest absolute Gasteiger partial charge is 0.251 e. The topological polar surface area (TPSA) is 84.9 Å². The van der Waals surface area contributed by atoms with Crippen molar-refractivity contribution in [2.24, 2.45) is 0 Å². The van der Waals surface area contributed by atoms with E-state index in [2.05, 4.69) is 5.32 Å². The third-order valence-corrected chi connectivity index (χ3v) is 6.43. The zero-order valence-corrected chi connectivity index (χ0v) is 17.4. The maximum absolute atomic E-state index is 12.9. The molecule has 0 spiro atoms. The van der Waals surface area contributed by atoms with Gasteiger partial charge in [-0.2, -0.15) is 4.31 Å². The highest BCUT2D eigenvalue weighted by molar-refractivity contribution is 7.89. The molecule has 0 radical (unpaired) electrons. The molecule has 0 heterocycles. The Kier molecular flexibility index (Phi) is 7.42.